The van der Waals surface area contributed by atoms with Crippen LogP contribution in [0.2, 0.25) is 0 Å². The number of nitrogens with one attached hydrogen (secondary N) is 1. The molecule has 27 heavy (non-hydrogen) atoms. The van der Waals surface area contributed by atoms with Crippen LogP contribution in [-0.4, -0.2) is 48.7 Å². The van der Waals surface area contributed by atoms with Gasteiger partial charge in [0.15, 0.2) is 5.82 Å². The fraction of sp³-hybridized carbons (Fsp3) is 0.412. The van der Waals surface area contributed by atoms with Gasteiger partial charge in [-0.1, -0.05) is 5.16 Å². The van der Waals surface area contributed by atoms with Crippen molar-refractivity contribution in [1.82, 2.24) is 29.1 Å². The number of aryl methyl sites for hydroxylation is 1. The molecular formula is C17H18N6O3S. The Labute approximate surface area is 159 Å². The Bertz CT molecular complexity index is 976. The Morgan fingerprint density at radius 1 is 1.26 bits per heavy atom. The molecule has 9 nitrogen and oxygen atoms in total. The number of fused-ring (bicyclic) bond motifs is 1. The first kappa shape index (κ1) is 17.5. The predicted octanol–water partition coefficient (Wildman–Crippen LogP) is 1.55. The minimum atomic E-state index is -0.122. The van der Waals surface area contributed by atoms with Crippen molar-refractivity contribution in [1.29, 1.82) is 0 Å². The van der Waals surface area contributed by atoms with Gasteiger partial charge in [0.25, 0.3) is 5.91 Å². The van der Waals surface area contributed by atoms with Crippen LogP contribution in [0, 0.1) is 12.8 Å². The number of amides is 2. The van der Waals surface area contributed by atoms with E-state index in [-0.39, 0.29) is 24.3 Å². The zero-order valence-corrected chi connectivity index (χ0v) is 15.5. The highest BCUT2D eigenvalue weighted by Gasteiger charge is 2.28. The van der Waals surface area contributed by atoms with Crippen LogP contribution >= 0.6 is 11.7 Å². The van der Waals surface area contributed by atoms with E-state index in [2.05, 4.69) is 24.2 Å². The molecule has 3 aromatic rings. The minimum Gasteiger partial charge on any atom is -0.347 e. The molecule has 0 aliphatic carbocycles. The van der Waals surface area contributed by atoms with E-state index in [4.69, 9.17) is 4.52 Å². The van der Waals surface area contributed by atoms with E-state index in [0.29, 0.717) is 43.2 Å². The summed E-state index contributed by atoms with van der Waals surface area (Å²) in [6.07, 6.45) is 1.25. The van der Waals surface area contributed by atoms with E-state index in [1.54, 1.807) is 24.0 Å². The van der Waals surface area contributed by atoms with E-state index in [0.717, 1.165) is 22.8 Å². The number of benzene rings is 1. The number of carbonyl (C=O) groups is 2. The maximum atomic E-state index is 12.7. The highest BCUT2D eigenvalue weighted by Crippen LogP contribution is 2.21. The van der Waals surface area contributed by atoms with E-state index in [1.165, 1.54) is 0 Å². The summed E-state index contributed by atoms with van der Waals surface area (Å²) in [6, 6.07) is 5.36. The van der Waals surface area contributed by atoms with Crippen LogP contribution in [0.5, 0.6) is 0 Å². The largest absolute Gasteiger partial charge is 0.347 e. The molecule has 4 rings (SSSR count). The molecule has 1 aliphatic heterocycles. The quantitative estimate of drug-likeness (QED) is 0.723. The van der Waals surface area contributed by atoms with Gasteiger partial charge in [0.1, 0.15) is 11.0 Å². The summed E-state index contributed by atoms with van der Waals surface area (Å²) in [5, 5.41) is 6.51. The molecule has 2 aromatic heterocycles. The second-order valence-corrected chi connectivity index (χ2v) is 7.02. The van der Waals surface area contributed by atoms with Crippen molar-refractivity contribution in [2.45, 2.75) is 26.3 Å². The molecule has 0 saturated carbocycles. The maximum absolute atomic E-state index is 12.7. The third-order valence-electron chi connectivity index (χ3n) is 4.64. The van der Waals surface area contributed by atoms with Crippen molar-refractivity contribution >= 4 is 34.6 Å². The summed E-state index contributed by atoms with van der Waals surface area (Å²) in [5.41, 5.74) is 2.13. The molecule has 0 spiro atoms. The number of hydrogen-bond donors (Lipinski definition) is 1. The van der Waals surface area contributed by atoms with Gasteiger partial charge in [0.05, 0.1) is 18.3 Å². The van der Waals surface area contributed by atoms with Crippen molar-refractivity contribution in [3.05, 3.63) is 35.5 Å². The molecule has 0 unspecified atom stereocenters. The Hall–Kier alpha value is -2.88. The summed E-state index contributed by atoms with van der Waals surface area (Å²) >= 11 is 1.13. The first-order chi connectivity index (χ1) is 13.1. The number of aromatic nitrogens is 4. The van der Waals surface area contributed by atoms with Crippen LogP contribution in [0.15, 0.2) is 22.7 Å². The van der Waals surface area contributed by atoms with Crippen LogP contribution in [0.25, 0.3) is 11.0 Å². The van der Waals surface area contributed by atoms with Crippen molar-refractivity contribution in [3.8, 4) is 0 Å². The van der Waals surface area contributed by atoms with Crippen LogP contribution < -0.4 is 5.32 Å². The van der Waals surface area contributed by atoms with Crippen molar-refractivity contribution < 1.29 is 14.1 Å². The monoisotopic (exact) mass is 386 g/mol. The molecule has 1 saturated heterocycles. The van der Waals surface area contributed by atoms with E-state index in [1.807, 2.05) is 6.07 Å². The second kappa shape index (κ2) is 7.39. The van der Waals surface area contributed by atoms with Crippen molar-refractivity contribution in [2.75, 3.05) is 13.1 Å². The molecule has 1 aromatic carbocycles. The lowest BCUT2D eigenvalue weighted by atomic mass is 9.95. The molecule has 0 radical (unpaired) electrons. The highest BCUT2D eigenvalue weighted by molar-refractivity contribution is 7.00. The van der Waals surface area contributed by atoms with Gasteiger partial charge in [-0.2, -0.15) is 13.7 Å². The molecular weight excluding hydrogens is 368 g/mol. The van der Waals surface area contributed by atoms with E-state index >= 15 is 0 Å². The maximum Gasteiger partial charge on any atom is 0.253 e. The SMILES string of the molecule is Cc1noc(CNC(=O)C2CCN(C(=O)c3ccc4nsnc4c3)CC2)n1. The lowest BCUT2D eigenvalue weighted by molar-refractivity contribution is -0.126. The fourth-order valence-electron chi connectivity index (χ4n) is 3.16. The standard InChI is InChI=1S/C17H18N6O3S/c1-10-19-15(26-20-10)9-18-16(24)11-4-6-23(7-5-11)17(25)12-2-3-13-14(8-12)22-27-21-13/h2-3,8,11H,4-7,9H2,1H3,(H,18,24). The van der Waals surface area contributed by atoms with Gasteiger partial charge in [-0.05, 0) is 38.0 Å². The minimum absolute atomic E-state index is 0.0370. The summed E-state index contributed by atoms with van der Waals surface area (Å²) in [6.45, 7) is 3.04. The van der Waals surface area contributed by atoms with E-state index in [9.17, 15) is 9.59 Å². The second-order valence-electron chi connectivity index (χ2n) is 6.49. The lowest BCUT2D eigenvalue weighted by Gasteiger charge is -2.31. The van der Waals surface area contributed by atoms with Crippen molar-refractivity contribution in [2.24, 2.45) is 5.92 Å². The Morgan fingerprint density at radius 2 is 2.04 bits per heavy atom. The topological polar surface area (TPSA) is 114 Å². The van der Waals surface area contributed by atoms with Gasteiger partial charge in [0, 0.05) is 24.6 Å². The van der Waals surface area contributed by atoms with E-state index < -0.39 is 0 Å². The average Bonchev–Trinajstić information content (AvgIpc) is 3.33. The Kier molecular flexibility index (Phi) is 4.80. The van der Waals surface area contributed by atoms with Gasteiger partial charge in [0.2, 0.25) is 11.8 Å². The van der Waals surface area contributed by atoms with Crippen LogP contribution in [-0.2, 0) is 11.3 Å². The number of hydrogen-bond acceptors (Lipinski definition) is 8. The molecule has 0 atom stereocenters. The summed E-state index contributed by atoms with van der Waals surface area (Å²) < 4.78 is 13.3. The van der Waals surface area contributed by atoms with Gasteiger partial charge < -0.3 is 14.7 Å². The zero-order valence-electron chi connectivity index (χ0n) is 14.7. The number of rotatable bonds is 4. The van der Waals surface area contributed by atoms with Crippen molar-refractivity contribution in [3.63, 3.8) is 0 Å². The number of likely N-dealkylation sites (tertiary alicyclic amines) is 1. The summed E-state index contributed by atoms with van der Waals surface area (Å²) in [4.78, 5) is 30.9. The first-order valence-electron chi connectivity index (χ1n) is 8.68. The zero-order chi connectivity index (χ0) is 18.8. The molecule has 10 heteroatoms. The number of piperidine rings is 1. The molecule has 1 aliphatic rings. The smallest absolute Gasteiger partial charge is 0.253 e. The third-order valence-corrected chi connectivity index (χ3v) is 5.19. The molecule has 1 fully saturated rings. The molecule has 2 amide bonds. The Balaban J connectivity index is 1.31. The van der Waals surface area contributed by atoms with Crippen LogP contribution in [0.3, 0.4) is 0 Å². The molecule has 0 bridgehead atoms. The molecule has 1 N–H and O–H groups in total. The summed E-state index contributed by atoms with van der Waals surface area (Å²) in [5.74, 6) is 0.722. The van der Waals surface area contributed by atoms with Crippen LogP contribution in [0.4, 0.5) is 0 Å². The normalized spacial score (nSPS) is 15.2. The average molecular weight is 386 g/mol. The van der Waals surface area contributed by atoms with Gasteiger partial charge in [-0.15, -0.1) is 0 Å². The Morgan fingerprint density at radius 3 is 2.78 bits per heavy atom. The summed E-state index contributed by atoms with van der Waals surface area (Å²) in [7, 11) is 0. The lowest BCUT2D eigenvalue weighted by Crippen LogP contribution is -2.42. The molecule has 3 heterocycles. The predicted molar refractivity (Wildman–Crippen MR) is 96.9 cm³/mol. The van der Waals surface area contributed by atoms with Gasteiger partial charge in [-0.3, -0.25) is 9.59 Å². The molecule has 140 valence electrons. The third kappa shape index (κ3) is 3.80. The number of carbonyl (C=O) groups excluding carboxylic acids is 2. The first-order valence-corrected chi connectivity index (χ1v) is 9.41. The van der Waals surface area contributed by atoms with Gasteiger partial charge in [-0.25, -0.2) is 0 Å². The fourth-order valence-corrected chi connectivity index (χ4v) is 3.68. The van der Waals surface area contributed by atoms with Crippen LogP contribution in [0.1, 0.15) is 34.9 Å². The highest BCUT2D eigenvalue weighted by atomic mass is 32.1. The number of nitrogens with zero attached hydrogens (tertiary/aromatic N) is 5. The van der Waals surface area contributed by atoms with Gasteiger partial charge >= 0.3 is 0 Å².